The number of phenolic OH excluding ortho intramolecular Hbond substituents is 1. The van der Waals surface area contributed by atoms with Crippen LogP contribution in [0.15, 0.2) is 103 Å². The summed E-state index contributed by atoms with van der Waals surface area (Å²) >= 11 is 0. The highest BCUT2D eigenvalue weighted by Gasteiger charge is 2.39. The predicted molar refractivity (Wildman–Crippen MR) is 176 cm³/mol. The van der Waals surface area contributed by atoms with Gasteiger partial charge in [0.2, 0.25) is 0 Å². The van der Waals surface area contributed by atoms with Crippen molar-refractivity contribution >= 4 is 28.4 Å². The second-order valence-electron chi connectivity index (χ2n) is 12.1. The van der Waals surface area contributed by atoms with E-state index in [0.717, 1.165) is 42.4 Å². The van der Waals surface area contributed by atoms with Crippen molar-refractivity contribution < 1.29 is 14.7 Å². The zero-order valence-corrected chi connectivity index (χ0v) is 24.9. The Morgan fingerprint density at radius 2 is 1.33 bits per heavy atom. The molecule has 46 heavy (non-hydrogen) atoms. The number of allylic oxidation sites excluding steroid dienone is 1. The number of carbonyl (C=O) groups excluding carboxylic acids is 2. The van der Waals surface area contributed by atoms with E-state index in [-0.39, 0.29) is 24.1 Å². The summed E-state index contributed by atoms with van der Waals surface area (Å²) in [6, 6.07) is 31.2. The van der Waals surface area contributed by atoms with Crippen LogP contribution >= 0.6 is 0 Å². The van der Waals surface area contributed by atoms with Crippen molar-refractivity contribution in [3.05, 3.63) is 148 Å². The standard InChI is InChI=1S/C39H28N4O3/c44-37-24(9-5-17-35(37)43-40-33-15-3-4-16-34(33)41-43)22-42-38(45)32-14-7-13-31(36(32)39(42)46)27-12-6-11-26-29-19-18-23-8-1-2-10-25(23)28(29)20-21-30(26)27/h1-5,7-10,12-17,20-21,44H,6,11,18-19,22H2. The molecule has 1 N–H and O–H groups in total. The van der Waals surface area contributed by atoms with Gasteiger partial charge in [-0.3, -0.25) is 14.5 Å². The zero-order valence-electron chi connectivity index (χ0n) is 24.9. The first-order chi connectivity index (χ1) is 22.6. The minimum absolute atomic E-state index is 0.0742. The van der Waals surface area contributed by atoms with Crippen LogP contribution in [0.4, 0.5) is 0 Å². The fourth-order valence-electron chi connectivity index (χ4n) is 7.46. The van der Waals surface area contributed by atoms with E-state index in [4.69, 9.17) is 0 Å². The molecule has 0 saturated heterocycles. The number of nitrogens with zero attached hydrogens (tertiary/aromatic N) is 4. The summed E-state index contributed by atoms with van der Waals surface area (Å²) in [4.78, 5) is 30.5. The first kappa shape index (κ1) is 26.6. The van der Waals surface area contributed by atoms with Gasteiger partial charge >= 0.3 is 0 Å². The van der Waals surface area contributed by atoms with Crippen LogP contribution in [0.3, 0.4) is 0 Å². The Labute approximate surface area is 265 Å². The van der Waals surface area contributed by atoms with Crippen LogP contribution in [0.5, 0.6) is 5.75 Å². The summed E-state index contributed by atoms with van der Waals surface area (Å²) in [5.74, 6) is -0.800. The molecule has 3 aliphatic rings. The number of amides is 2. The molecule has 6 aromatic rings. The summed E-state index contributed by atoms with van der Waals surface area (Å²) in [7, 11) is 0. The Morgan fingerprint density at radius 3 is 2.17 bits per heavy atom. The van der Waals surface area contributed by atoms with Crippen LogP contribution in [0.1, 0.15) is 60.5 Å². The van der Waals surface area contributed by atoms with E-state index < -0.39 is 0 Å². The van der Waals surface area contributed by atoms with Crippen molar-refractivity contribution in [2.45, 2.75) is 32.2 Å². The Kier molecular flexibility index (Phi) is 5.84. The van der Waals surface area contributed by atoms with Crippen molar-refractivity contribution in [3.63, 3.8) is 0 Å². The maximum atomic E-state index is 14.1. The number of hydrogen-bond acceptors (Lipinski definition) is 5. The Hall–Kier alpha value is -5.82. The SMILES string of the molecule is O=C1c2cccc(C3=CCCc4c3ccc3c4CCc4ccccc4-3)c2C(=O)N1Cc1cccc(-n2nc3ccccc3n2)c1O. The van der Waals surface area contributed by atoms with E-state index >= 15 is 0 Å². The number of imide groups is 1. The molecule has 7 nitrogen and oxygen atoms in total. The van der Waals surface area contributed by atoms with Crippen LogP contribution < -0.4 is 0 Å². The molecule has 0 spiro atoms. The zero-order chi connectivity index (χ0) is 30.9. The lowest BCUT2D eigenvalue weighted by Crippen LogP contribution is -2.29. The largest absolute Gasteiger partial charge is 0.505 e. The quantitative estimate of drug-likeness (QED) is 0.219. The molecule has 2 amide bonds. The number of hydrogen-bond donors (Lipinski definition) is 1. The number of rotatable bonds is 4. The van der Waals surface area contributed by atoms with Crippen LogP contribution in [0.2, 0.25) is 0 Å². The topological polar surface area (TPSA) is 88.3 Å². The lowest BCUT2D eigenvalue weighted by atomic mass is 9.76. The van der Waals surface area contributed by atoms with Gasteiger partial charge in [-0.05, 0) is 94.5 Å². The third-order valence-corrected chi connectivity index (χ3v) is 9.63. The fourth-order valence-corrected chi connectivity index (χ4v) is 7.46. The van der Waals surface area contributed by atoms with Gasteiger partial charge in [-0.25, -0.2) is 0 Å². The molecule has 1 aliphatic heterocycles. The highest BCUT2D eigenvalue weighted by Crippen LogP contribution is 2.43. The minimum atomic E-state index is -0.367. The van der Waals surface area contributed by atoms with Gasteiger partial charge in [-0.1, -0.05) is 78.9 Å². The van der Waals surface area contributed by atoms with E-state index in [2.05, 4.69) is 52.7 Å². The van der Waals surface area contributed by atoms with Crippen LogP contribution in [-0.2, 0) is 25.8 Å². The van der Waals surface area contributed by atoms with Gasteiger partial charge in [0.05, 0.1) is 17.7 Å². The molecule has 5 aromatic carbocycles. The molecule has 222 valence electrons. The number of aromatic nitrogens is 3. The summed E-state index contributed by atoms with van der Waals surface area (Å²) < 4.78 is 0. The number of phenols is 1. The van der Waals surface area contributed by atoms with Crippen molar-refractivity contribution in [2.75, 3.05) is 0 Å². The second kappa shape index (κ2) is 10.1. The fraction of sp³-hybridized carbons (Fsp3) is 0.128. The number of para-hydroxylation sites is 1. The number of fused-ring (bicyclic) bond motifs is 7. The number of aryl methyl sites for hydroxylation is 1. The third kappa shape index (κ3) is 3.91. The highest BCUT2D eigenvalue weighted by molar-refractivity contribution is 6.23. The van der Waals surface area contributed by atoms with Gasteiger partial charge in [0.1, 0.15) is 22.5 Å². The van der Waals surface area contributed by atoms with E-state index in [9.17, 15) is 14.7 Å². The lowest BCUT2D eigenvalue weighted by Gasteiger charge is -2.28. The molecule has 0 fully saturated rings. The molecule has 2 heterocycles. The van der Waals surface area contributed by atoms with Gasteiger partial charge in [0, 0.05) is 5.56 Å². The van der Waals surface area contributed by atoms with Gasteiger partial charge in [0.25, 0.3) is 11.8 Å². The summed E-state index contributed by atoms with van der Waals surface area (Å²) in [5.41, 5.74) is 12.7. The van der Waals surface area contributed by atoms with Crippen molar-refractivity contribution in [2.24, 2.45) is 0 Å². The third-order valence-electron chi connectivity index (χ3n) is 9.63. The minimum Gasteiger partial charge on any atom is -0.505 e. The maximum Gasteiger partial charge on any atom is 0.262 e. The van der Waals surface area contributed by atoms with E-state index in [0.29, 0.717) is 33.4 Å². The van der Waals surface area contributed by atoms with Gasteiger partial charge in [0.15, 0.2) is 0 Å². The predicted octanol–water partition coefficient (Wildman–Crippen LogP) is 7.07. The summed E-state index contributed by atoms with van der Waals surface area (Å²) in [6.07, 6.45) is 6.04. The van der Waals surface area contributed by atoms with Crippen LogP contribution in [-0.4, -0.2) is 36.8 Å². The normalized spacial score (nSPS) is 15.0. The molecular formula is C39H28N4O3. The molecule has 1 aromatic heterocycles. The number of benzene rings is 5. The smallest absolute Gasteiger partial charge is 0.262 e. The van der Waals surface area contributed by atoms with Gasteiger partial charge in [-0.15, -0.1) is 15.0 Å². The average Bonchev–Trinajstić information content (AvgIpc) is 3.63. The lowest BCUT2D eigenvalue weighted by molar-refractivity contribution is 0.0641. The highest BCUT2D eigenvalue weighted by atomic mass is 16.3. The number of carbonyl (C=O) groups is 2. The molecular weight excluding hydrogens is 572 g/mol. The van der Waals surface area contributed by atoms with Gasteiger partial charge in [-0.2, -0.15) is 0 Å². The van der Waals surface area contributed by atoms with Crippen molar-refractivity contribution in [1.82, 2.24) is 19.9 Å². The molecule has 0 atom stereocenters. The molecule has 2 aliphatic carbocycles. The average molecular weight is 601 g/mol. The Morgan fingerprint density at radius 1 is 0.630 bits per heavy atom. The van der Waals surface area contributed by atoms with E-state index in [1.54, 1.807) is 24.3 Å². The maximum absolute atomic E-state index is 14.1. The van der Waals surface area contributed by atoms with Gasteiger partial charge < -0.3 is 5.11 Å². The molecule has 9 rings (SSSR count). The Bertz CT molecular complexity index is 2280. The first-order valence-electron chi connectivity index (χ1n) is 15.6. The second-order valence-corrected chi connectivity index (χ2v) is 12.1. The van der Waals surface area contributed by atoms with Crippen molar-refractivity contribution in [1.29, 1.82) is 0 Å². The molecule has 0 unspecified atom stereocenters. The monoisotopic (exact) mass is 600 g/mol. The van der Waals surface area contributed by atoms with E-state index in [1.165, 1.54) is 37.5 Å². The molecule has 0 radical (unpaired) electrons. The Balaban J connectivity index is 1.07. The molecule has 0 saturated carbocycles. The van der Waals surface area contributed by atoms with E-state index in [1.807, 2.05) is 36.4 Å². The summed E-state index contributed by atoms with van der Waals surface area (Å²) in [6.45, 7) is -0.0746. The first-order valence-corrected chi connectivity index (χ1v) is 15.6. The summed E-state index contributed by atoms with van der Waals surface area (Å²) in [5, 5.41) is 20.3. The molecule has 0 bridgehead atoms. The van der Waals surface area contributed by atoms with Crippen LogP contribution in [0, 0.1) is 0 Å². The number of aromatic hydroxyl groups is 1. The molecule has 7 heteroatoms. The van der Waals surface area contributed by atoms with Crippen LogP contribution in [0.25, 0.3) is 33.4 Å². The van der Waals surface area contributed by atoms with Crippen molar-refractivity contribution in [3.8, 4) is 22.6 Å².